The first kappa shape index (κ1) is 51.8. The van der Waals surface area contributed by atoms with E-state index in [-0.39, 0.29) is 6.42 Å². The number of carbonyl (C=O) groups is 2. The standard InChI is InChI=1S/C20H38O4.2C19H16N4/c1-3-5-7-9-11-13-15-20(19(23)24,17-18(21)22)16-14-12-10-8-6-4-2;2*1-4-10-16(11-5-1)19-20-22(17-12-6-2-7-13-17)23(21-19)18-14-8-3-9-15-18/h3-17H2,1-2H3,(H,21,22)(H,23,24);2*1-15H,(H,20,21). The third-order valence-electron chi connectivity index (χ3n) is 12.2. The first-order valence-corrected chi connectivity index (χ1v) is 25.0. The molecule has 12 nitrogen and oxygen atoms in total. The third kappa shape index (κ3) is 15.5. The first-order valence-electron chi connectivity index (χ1n) is 25.0. The van der Waals surface area contributed by atoms with E-state index < -0.39 is 17.4 Å². The topological polar surface area (TPSA) is 136 Å². The van der Waals surface area contributed by atoms with Gasteiger partial charge in [-0.25, -0.2) is 0 Å². The molecule has 0 atom stereocenters. The number of para-hydroxylation sites is 4. The predicted molar refractivity (Wildman–Crippen MR) is 286 cm³/mol. The second-order valence-electron chi connectivity index (χ2n) is 17.6. The molecule has 0 saturated heterocycles. The number of nitrogens with one attached hydrogen (secondary N) is 2. The monoisotopic (exact) mass is 943 g/mol. The van der Waals surface area contributed by atoms with Crippen LogP contribution >= 0.6 is 0 Å². The lowest BCUT2D eigenvalue weighted by atomic mass is 9.75. The number of carboxylic acid groups (broad SMARTS) is 2. The molecule has 0 unspecified atom stereocenters. The van der Waals surface area contributed by atoms with Crippen molar-refractivity contribution in [2.24, 2.45) is 15.6 Å². The zero-order chi connectivity index (χ0) is 49.2. The van der Waals surface area contributed by atoms with Crippen LogP contribution in [0.4, 0.5) is 22.7 Å². The van der Waals surface area contributed by atoms with Crippen molar-refractivity contribution in [2.75, 3.05) is 20.5 Å². The molecule has 0 bridgehead atoms. The summed E-state index contributed by atoms with van der Waals surface area (Å²) >= 11 is 0. The fourth-order valence-electron chi connectivity index (χ4n) is 8.38. The molecular formula is C58H70N8O4. The van der Waals surface area contributed by atoms with E-state index in [9.17, 15) is 19.8 Å². The van der Waals surface area contributed by atoms with Crippen LogP contribution < -0.4 is 31.3 Å². The summed E-state index contributed by atoms with van der Waals surface area (Å²) in [6, 6.07) is 60.7. The van der Waals surface area contributed by atoms with Gasteiger partial charge in [-0.15, -0.1) is 10.2 Å². The minimum absolute atomic E-state index is 0.244. The Morgan fingerprint density at radius 1 is 0.429 bits per heavy atom. The highest BCUT2D eigenvalue weighted by Crippen LogP contribution is 2.36. The molecule has 2 heterocycles. The van der Waals surface area contributed by atoms with Crippen LogP contribution in [-0.4, -0.2) is 33.8 Å². The van der Waals surface area contributed by atoms with Crippen molar-refractivity contribution in [1.29, 1.82) is 0 Å². The Kier molecular flexibility index (Phi) is 20.7. The lowest BCUT2D eigenvalue weighted by Crippen LogP contribution is -2.44. The van der Waals surface area contributed by atoms with Gasteiger partial charge < -0.3 is 10.2 Å². The maximum absolute atomic E-state index is 11.8. The minimum Gasteiger partial charge on any atom is -0.481 e. The summed E-state index contributed by atoms with van der Waals surface area (Å²) in [5.41, 5.74) is 11.8. The normalized spacial score (nSPS) is 12.9. The molecule has 4 N–H and O–H groups in total. The number of nitrogens with zero attached hydrogens (tertiary/aromatic N) is 6. The van der Waals surface area contributed by atoms with E-state index in [1.807, 2.05) is 202 Å². The molecule has 8 rings (SSSR count). The number of anilines is 4. The van der Waals surface area contributed by atoms with Gasteiger partial charge in [-0.3, -0.25) is 20.4 Å². The number of amidine groups is 2. The van der Waals surface area contributed by atoms with Crippen molar-refractivity contribution < 1.29 is 19.8 Å². The van der Waals surface area contributed by atoms with Crippen LogP contribution in [-0.2, 0) is 9.59 Å². The summed E-state index contributed by atoms with van der Waals surface area (Å²) in [6.07, 6.45) is 13.8. The number of hydrazine groups is 4. The van der Waals surface area contributed by atoms with Crippen LogP contribution in [0.15, 0.2) is 192 Å². The smallest absolute Gasteiger partial charge is 0.310 e. The number of hydrazone groups is 2. The van der Waals surface area contributed by atoms with Crippen LogP contribution in [0.1, 0.15) is 121 Å². The van der Waals surface area contributed by atoms with Gasteiger partial charge in [0.1, 0.15) is 0 Å². The van der Waals surface area contributed by atoms with Crippen molar-refractivity contribution in [2.45, 2.75) is 110 Å². The van der Waals surface area contributed by atoms with E-state index >= 15 is 0 Å². The quantitative estimate of drug-likeness (QED) is 0.0460. The van der Waals surface area contributed by atoms with E-state index in [4.69, 9.17) is 10.2 Å². The number of hydrogen-bond donors (Lipinski definition) is 4. The lowest BCUT2D eigenvalue weighted by Gasteiger charge is -2.28. The van der Waals surface area contributed by atoms with E-state index in [2.05, 4.69) is 24.7 Å². The van der Waals surface area contributed by atoms with Gasteiger partial charge in [0.25, 0.3) is 0 Å². The van der Waals surface area contributed by atoms with E-state index in [0.29, 0.717) is 12.8 Å². The first-order chi connectivity index (χ1) is 34.3. The number of benzene rings is 6. The molecule has 12 heteroatoms. The summed E-state index contributed by atoms with van der Waals surface area (Å²) in [7, 11) is 0. The Morgan fingerprint density at radius 3 is 1.04 bits per heavy atom. The molecule has 70 heavy (non-hydrogen) atoms. The second kappa shape index (κ2) is 28.0. The number of unbranched alkanes of at least 4 members (excludes halogenated alkanes) is 10. The summed E-state index contributed by atoms with van der Waals surface area (Å²) in [4.78, 5) is 23.0. The summed E-state index contributed by atoms with van der Waals surface area (Å²) in [5, 5.41) is 36.0. The number of aliphatic carboxylic acids is 2. The van der Waals surface area contributed by atoms with Gasteiger partial charge >= 0.3 is 11.9 Å². The van der Waals surface area contributed by atoms with Gasteiger partial charge in [0.15, 0.2) is 11.7 Å². The maximum Gasteiger partial charge on any atom is 0.310 e. The van der Waals surface area contributed by atoms with Gasteiger partial charge in [-0.1, -0.05) is 224 Å². The summed E-state index contributed by atoms with van der Waals surface area (Å²) < 4.78 is 0. The molecule has 0 radical (unpaired) electrons. The van der Waals surface area contributed by atoms with Gasteiger partial charge in [-0.05, 0) is 61.4 Å². The predicted octanol–water partition coefficient (Wildman–Crippen LogP) is 13.6. The molecule has 0 saturated carbocycles. The Balaban J connectivity index is 0.000000172. The maximum atomic E-state index is 11.8. The van der Waals surface area contributed by atoms with E-state index in [1.165, 1.54) is 38.5 Å². The highest BCUT2D eigenvalue weighted by molar-refractivity contribution is 6.03. The molecule has 0 amide bonds. The number of rotatable bonds is 23. The Bertz CT molecular complexity index is 2320. The zero-order valence-electron chi connectivity index (χ0n) is 40.8. The second-order valence-corrected chi connectivity index (χ2v) is 17.6. The van der Waals surface area contributed by atoms with Crippen LogP contribution in [0, 0.1) is 5.41 Å². The van der Waals surface area contributed by atoms with Gasteiger partial charge in [0, 0.05) is 11.1 Å². The fraction of sp³-hybridized carbons (Fsp3) is 0.310. The van der Waals surface area contributed by atoms with Crippen molar-refractivity contribution in [1.82, 2.24) is 10.9 Å². The minimum atomic E-state index is -1.07. The molecule has 2 aliphatic heterocycles. The van der Waals surface area contributed by atoms with Crippen molar-refractivity contribution >= 4 is 46.4 Å². The largest absolute Gasteiger partial charge is 0.481 e. The van der Waals surface area contributed by atoms with E-state index in [0.717, 1.165) is 84.1 Å². The molecule has 366 valence electrons. The molecule has 0 fully saturated rings. The molecule has 2 aliphatic rings. The molecule has 0 spiro atoms. The summed E-state index contributed by atoms with van der Waals surface area (Å²) in [5.74, 6) is -0.280. The molecule has 0 aliphatic carbocycles. The highest BCUT2D eigenvalue weighted by atomic mass is 16.4. The van der Waals surface area contributed by atoms with Crippen LogP contribution in [0.3, 0.4) is 0 Å². The van der Waals surface area contributed by atoms with Crippen LogP contribution in [0.5, 0.6) is 0 Å². The Labute approximate surface area is 414 Å². The number of hydrogen-bond acceptors (Lipinski definition) is 10. The molecule has 0 aromatic heterocycles. The van der Waals surface area contributed by atoms with Crippen molar-refractivity contribution in [3.63, 3.8) is 0 Å². The van der Waals surface area contributed by atoms with Crippen LogP contribution in [0.2, 0.25) is 0 Å². The Hall–Kier alpha value is -7.60. The van der Waals surface area contributed by atoms with E-state index in [1.54, 1.807) is 0 Å². The molecule has 6 aromatic carbocycles. The lowest BCUT2D eigenvalue weighted by molar-refractivity contribution is -0.157. The van der Waals surface area contributed by atoms with Gasteiger partial charge in [0.2, 0.25) is 0 Å². The molecule has 6 aromatic rings. The van der Waals surface area contributed by atoms with Crippen molar-refractivity contribution in [3.8, 4) is 0 Å². The SMILES string of the molecule is CCCCCCCCC(CCCCCCCC)(CC(=O)O)C(=O)O.c1ccc(C2=NN(c3ccccc3)N(c3ccccc3)N2)cc1.c1ccc(C2=NN(c3ccccc3)N(c3ccccc3)N2)cc1. The third-order valence-corrected chi connectivity index (χ3v) is 12.2. The van der Waals surface area contributed by atoms with Crippen molar-refractivity contribution in [3.05, 3.63) is 193 Å². The fourth-order valence-corrected chi connectivity index (χ4v) is 8.38. The average Bonchev–Trinajstić information content (AvgIpc) is 4.07. The highest BCUT2D eigenvalue weighted by Gasteiger charge is 2.39. The van der Waals surface area contributed by atoms with Crippen LogP contribution in [0.25, 0.3) is 0 Å². The number of carboxylic acids is 2. The summed E-state index contributed by atoms with van der Waals surface area (Å²) in [6.45, 7) is 4.34. The van der Waals surface area contributed by atoms with Gasteiger partial charge in [0.05, 0.1) is 34.6 Å². The Morgan fingerprint density at radius 2 is 0.729 bits per heavy atom. The zero-order valence-corrected chi connectivity index (χ0v) is 40.8. The average molecular weight is 943 g/mol. The molecular weight excluding hydrogens is 873 g/mol. The van der Waals surface area contributed by atoms with Gasteiger partial charge in [-0.2, -0.15) is 20.5 Å².